The molecule has 2 rings (SSSR count). The van der Waals surface area contributed by atoms with Crippen molar-refractivity contribution in [2.75, 3.05) is 0 Å². The van der Waals surface area contributed by atoms with Crippen LogP contribution in [0.15, 0.2) is 59.8 Å². The molecule has 0 atom stereocenters. The van der Waals surface area contributed by atoms with E-state index in [0.717, 1.165) is 16.7 Å². The number of hydrogen-bond donors (Lipinski definition) is 1. The zero-order valence-electron chi connectivity index (χ0n) is 9.17. The van der Waals surface area contributed by atoms with E-state index in [2.05, 4.69) is 17.0 Å². The summed E-state index contributed by atoms with van der Waals surface area (Å²) in [7, 11) is 0. The summed E-state index contributed by atoms with van der Waals surface area (Å²) in [6.45, 7) is 0. The molecule has 0 saturated carbocycles. The second-order valence-electron chi connectivity index (χ2n) is 3.48. The zero-order valence-corrected chi connectivity index (χ0v) is 9.17. The third-order valence-corrected chi connectivity index (χ3v) is 2.24. The van der Waals surface area contributed by atoms with Gasteiger partial charge in [0, 0.05) is 11.1 Å². The topological polar surface area (TPSA) is 32.6 Å². The van der Waals surface area contributed by atoms with Crippen molar-refractivity contribution in [3.05, 3.63) is 71.3 Å². The normalized spacial score (nSPS) is 9.88. The van der Waals surface area contributed by atoms with Crippen molar-refractivity contribution < 1.29 is 5.21 Å². The first-order valence-electron chi connectivity index (χ1n) is 5.23. The van der Waals surface area contributed by atoms with E-state index < -0.39 is 0 Å². The van der Waals surface area contributed by atoms with E-state index in [1.54, 1.807) is 0 Å². The van der Waals surface area contributed by atoms with Gasteiger partial charge in [0.1, 0.15) is 0 Å². The molecule has 0 heterocycles. The van der Waals surface area contributed by atoms with Crippen LogP contribution in [0.5, 0.6) is 0 Å². The second kappa shape index (κ2) is 5.53. The van der Waals surface area contributed by atoms with Crippen LogP contribution in [0.1, 0.15) is 16.7 Å². The Morgan fingerprint density at radius 2 is 1.41 bits per heavy atom. The number of rotatable bonds is 1. The van der Waals surface area contributed by atoms with E-state index in [1.807, 2.05) is 54.6 Å². The molecule has 2 nitrogen and oxygen atoms in total. The highest BCUT2D eigenvalue weighted by Gasteiger charge is 1.89. The summed E-state index contributed by atoms with van der Waals surface area (Å²) < 4.78 is 0. The SMILES string of the molecule is O/N=C/c1ccc(C#Cc2ccccc2)cc1. The predicted octanol–water partition coefficient (Wildman–Crippen LogP) is 2.89. The Morgan fingerprint density at radius 3 is 2.00 bits per heavy atom. The van der Waals surface area contributed by atoms with Crippen molar-refractivity contribution in [3.8, 4) is 11.8 Å². The molecule has 0 radical (unpaired) electrons. The van der Waals surface area contributed by atoms with Crippen LogP contribution in [0.2, 0.25) is 0 Å². The van der Waals surface area contributed by atoms with Crippen molar-refractivity contribution in [3.63, 3.8) is 0 Å². The molecule has 0 spiro atoms. The molecular weight excluding hydrogens is 210 g/mol. The highest BCUT2D eigenvalue weighted by atomic mass is 16.4. The average Bonchev–Trinajstić information content (AvgIpc) is 2.40. The Morgan fingerprint density at radius 1 is 0.824 bits per heavy atom. The molecule has 0 saturated heterocycles. The lowest BCUT2D eigenvalue weighted by Crippen LogP contribution is -1.81. The van der Waals surface area contributed by atoms with Gasteiger partial charge >= 0.3 is 0 Å². The molecule has 0 unspecified atom stereocenters. The predicted molar refractivity (Wildman–Crippen MR) is 68.2 cm³/mol. The molecule has 0 amide bonds. The molecule has 82 valence electrons. The maximum absolute atomic E-state index is 8.38. The van der Waals surface area contributed by atoms with E-state index in [-0.39, 0.29) is 0 Å². The second-order valence-corrected chi connectivity index (χ2v) is 3.48. The standard InChI is InChI=1S/C15H11NO/c17-16-12-15-10-8-14(9-11-15)7-6-13-4-2-1-3-5-13/h1-5,8-12,17H/b16-12+. The highest BCUT2D eigenvalue weighted by Crippen LogP contribution is 2.02. The molecule has 0 bridgehead atoms. The van der Waals surface area contributed by atoms with Crippen molar-refractivity contribution in [1.29, 1.82) is 0 Å². The van der Waals surface area contributed by atoms with Gasteiger partial charge < -0.3 is 5.21 Å². The van der Waals surface area contributed by atoms with Crippen LogP contribution in [0, 0.1) is 11.8 Å². The Bertz CT molecular complexity index is 559. The number of oxime groups is 1. The van der Waals surface area contributed by atoms with Crippen molar-refractivity contribution in [1.82, 2.24) is 0 Å². The molecule has 0 aliphatic rings. The maximum Gasteiger partial charge on any atom is 0.0733 e. The first kappa shape index (κ1) is 11.0. The molecule has 0 fully saturated rings. The monoisotopic (exact) mass is 221 g/mol. The van der Waals surface area contributed by atoms with Crippen molar-refractivity contribution >= 4 is 6.21 Å². The molecule has 0 aliphatic carbocycles. The van der Waals surface area contributed by atoms with E-state index in [0.29, 0.717) is 0 Å². The first-order chi connectivity index (χ1) is 8.38. The largest absolute Gasteiger partial charge is 0.411 e. The van der Waals surface area contributed by atoms with Gasteiger partial charge in [-0.3, -0.25) is 0 Å². The summed E-state index contributed by atoms with van der Waals surface area (Å²) >= 11 is 0. The molecule has 2 aromatic carbocycles. The fraction of sp³-hybridized carbons (Fsp3) is 0. The van der Waals surface area contributed by atoms with Crippen LogP contribution in [0.4, 0.5) is 0 Å². The Kier molecular flexibility index (Phi) is 3.57. The molecule has 17 heavy (non-hydrogen) atoms. The fourth-order valence-electron chi connectivity index (χ4n) is 1.39. The molecule has 2 aromatic rings. The third kappa shape index (κ3) is 3.22. The summed E-state index contributed by atoms with van der Waals surface area (Å²) in [4.78, 5) is 0. The van der Waals surface area contributed by atoms with E-state index in [1.165, 1.54) is 6.21 Å². The number of hydrogen-bond acceptors (Lipinski definition) is 2. The van der Waals surface area contributed by atoms with Crippen LogP contribution in [0.3, 0.4) is 0 Å². The van der Waals surface area contributed by atoms with Gasteiger partial charge in [-0.05, 0) is 29.8 Å². The van der Waals surface area contributed by atoms with Crippen molar-refractivity contribution in [2.45, 2.75) is 0 Å². The molecule has 0 aromatic heterocycles. The van der Waals surface area contributed by atoms with Gasteiger partial charge in [-0.25, -0.2) is 0 Å². The van der Waals surface area contributed by atoms with Crippen LogP contribution in [-0.2, 0) is 0 Å². The highest BCUT2D eigenvalue weighted by molar-refractivity contribution is 5.79. The molecule has 0 aliphatic heterocycles. The van der Waals surface area contributed by atoms with E-state index in [4.69, 9.17) is 5.21 Å². The lowest BCUT2D eigenvalue weighted by Gasteiger charge is -1.92. The number of nitrogens with zero attached hydrogens (tertiary/aromatic N) is 1. The first-order valence-corrected chi connectivity index (χ1v) is 5.23. The van der Waals surface area contributed by atoms with Gasteiger partial charge in [0.25, 0.3) is 0 Å². The summed E-state index contributed by atoms with van der Waals surface area (Å²) in [5.74, 6) is 6.15. The third-order valence-electron chi connectivity index (χ3n) is 2.24. The van der Waals surface area contributed by atoms with Crippen LogP contribution < -0.4 is 0 Å². The zero-order chi connectivity index (χ0) is 11.9. The van der Waals surface area contributed by atoms with Crippen molar-refractivity contribution in [2.24, 2.45) is 5.16 Å². The minimum atomic E-state index is 0.845. The molecule has 2 heteroatoms. The fourth-order valence-corrected chi connectivity index (χ4v) is 1.39. The lowest BCUT2D eigenvalue weighted by molar-refractivity contribution is 0.322. The number of benzene rings is 2. The van der Waals surface area contributed by atoms with Gasteiger partial charge in [0.2, 0.25) is 0 Å². The minimum absolute atomic E-state index is 0.845. The Hall–Kier alpha value is -2.53. The summed E-state index contributed by atoms with van der Waals surface area (Å²) in [6, 6.07) is 17.3. The van der Waals surface area contributed by atoms with Crippen LogP contribution in [-0.4, -0.2) is 11.4 Å². The minimum Gasteiger partial charge on any atom is -0.411 e. The smallest absolute Gasteiger partial charge is 0.0733 e. The summed E-state index contributed by atoms with van der Waals surface area (Å²) in [6.07, 6.45) is 1.38. The average molecular weight is 221 g/mol. The Labute approximate surface area is 100 Å². The van der Waals surface area contributed by atoms with Gasteiger partial charge in [0.05, 0.1) is 6.21 Å². The lowest BCUT2D eigenvalue weighted by atomic mass is 10.1. The quantitative estimate of drug-likeness (QED) is 0.341. The van der Waals surface area contributed by atoms with Gasteiger partial charge in [-0.1, -0.05) is 47.3 Å². The molecule has 1 N–H and O–H groups in total. The molecular formula is C15H11NO. The van der Waals surface area contributed by atoms with Gasteiger partial charge in [-0.2, -0.15) is 0 Å². The van der Waals surface area contributed by atoms with Gasteiger partial charge in [-0.15, -0.1) is 0 Å². The summed E-state index contributed by atoms with van der Waals surface area (Å²) in [5, 5.41) is 11.4. The van der Waals surface area contributed by atoms with E-state index in [9.17, 15) is 0 Å². The summed E-state index contributed by atoms with van der Waals surface area (Å²) in [5.41, 5.74) is 2.77. The van der Waals surface area contributed by atoms with Crippen LogP contribution >= 0.6 is 0 Å². The van der Waals surface area contributed by atoms with Gasteiger partial charge in [0.15, 0.2) is 0 Å². The maximum atomic E-state index is 8.38. The Balaban J connectivity index is 2.17. The van der Waals surface area contributed by atoms with Crippen LogP contribution in [0.25, 0.3) is 0 Å². The van der Waals surface area contributed by atoms with E-state index >= 15 is 0 Å².